The second kappa shape index (κ2) is 4.50. The molecule has 2 heterocycles. The van der Waals surface area contributed by atoms with E-state index in [4.69, 9.17) is 9.84 Å². The van der Waals surface area contributed by atoms with E-state index in [2.05, 4.69) is 4.72 Å². The Morgan fingerprint density at radius 2 is 2.09 bits per heavy atom. The highest BCUT2D eigenvalue weighted by molar-refractivity contribution is 7.89. The van der Waals surface area contributed by atoms with Crippen LogP contribution in [0.3, 0.4) is 0 Å². The van der Waals surface area contributed by atoms with Gasteiger partial charge in [0.2, 0.25) is 10.0 Å². The highest BCUT2D eigenvalue weighted by Crippen LogP contribution is 2.58. The highest BCUT2D eigenvalue weighted by Gasteiger charge is 2.63. The van der Waals surface area contributed by atoms with E-state index in [1.54, 1.807) is 0 Å². The van der Waals surface area contributed by atoms with Gasteiger partial charge in [-0.25, -0.2) is 22.3 Å². The molecule has 0 spiro atoms. The van der Waals surface area contributed by atoms with Crippen molar-refractivity contribution < 1.29 is 27.4 Å². The fraction of sp³-hybridized carbons (Fsp3) is 0.500. The molecule has 1 aromatic carbocycles. The minimum atomic E-state index is -4.04. The lowest BCUT2D eigenvalue weighted by molar-refractivity contribution is 0.0677. The van der Waals surface area contributed by atoms with Crippen molar-refractivity contribution >= 4 is 16.0 Å². The van der Waals surface area contributed by atoms with E-state index in [0.29, 0.717) is 24.3 Å². The first-order chi connectivity index (χ1) is 10.4. The molecule has 2 saturated heterocycles. The summed E-state index contributed by atoms with van der Waals surface area (Å²) in [5, 5.41) is 8.79. The normalized spacial score (nSPS) is 35.4. The van der Waals surface area contributed by atoms with Crippen molar-refractivity contribution in [1.82, 2.24) is 4.72 Å². The zero-order valence-electron chi connectivity index (χ0n) is 11.4. The number of benzene rings is 1. The third-order valence-electron chi connectivity index (χ3n) is 4.78. The van der Waals surface area contributed by atoms with E-state index in [1.165, 1.54) is 0 Å². The maximum absolute atomic E-state index is 13.9. The minimum Gasteiger partial charge on any atom is -0.478 e. The predicted octanol–water partition coefficient (Wildman–Crippen LogP) is 0.978. The fourth-order valence-electron chi connectivity index (χ4n) is 3.68. The second-order valence-corrected chi connectivity index (χ2v) is 7.80. The van der Waals surface area contributed by atoms with Gasteiger partial charge in [-0.05, 0) is 42.9 Å². The topological polar surface area (TPSA) is 92.7 Å². The number of aromatic carboxylic acids is 1. The van der Waals surface area contributed by atoms with Gasteiger partial charge in [0.05, 0.1) is 23.8 Å². The van der Waals surface area contributed by atoms with E-state index >= 15 is 0 Å². The standard InChI is InChI=1S/C14H14FNO5S/c15-9-3-6(14(17)18)1-2-12(9)22(19,20)16-10-5-11-7-4-8(7)13(10)21-11/h1-3,7-8,10-11,13,16H,4-5H2,(H,17,18)/t7-,8+,10-,11+,13+/m1/s1. The SMILES string of the molecule is O=C(O)c1ccc(S(=O)(=O)N[C@@H]2C[C@@H]3O[C@H]2[C@H]2C[C@H]23)c(F)c1. The van der Waals surface area contributed by atoms with Gasteiger partial charge in [-0.1, -0.05) is 0 Å². The van der Waals surface area contributed by atoms with Crippen molar-refractivity contribution in [3.05, 3.63) is 29.6 Å². The smallest absolute Gasteiger partial charge is 0.335 e. The van der Waals surface area contributed by atoms with Gasteiger partial charge < -0.3 is 9.84 Å². The van der Waals surface area contributed by atoms with E-state index in [0.717, 1.165) is 18.6 Å². The number of halogens is 1. The van der Waals surface area contributed by atoms with Gasteiger partial charge in [0.25, 0.3) is 0 Å². The van der Waals surface area contributed by atoms with E-state index < -0.39 is 26.7 Å². The maximum Gasteiger partial charge on any atom is 0.335 e. The lowest BCUT2D eigenvalue weighted by Gasteiger charge is -2.20. The van der Waals surface area contributed by atoms with Gasteiger partial charge in [0.1, 0.15) is 10.7 Å². The predicted molar refractivity (Wildman–Crippen MR) is 72.3 cm³/mol. The summed E-state index contributed by atoms with van der Waals surface area (Å²) in [7, 11) is -4.04. The summed E-state index contributed by atoms with van der Waals surface area (Å²) in [6.45, 7) is 0. The molecule has 3 fully saturated rings. The van der Waals surface area contributed by atoms with Gasteiger partial charge in [-0.15, -0.1) is 0 Å². The summed E-state index contributed by atoms with van der Waals surface area (Å²) in [6.07, 6.45) is 1.68. The average Bonchev–Trinajstić information content (AvgIpc) is 3.05. The first-order valence-corrected chi connectivity index (χ1v) is 8.56. The number of carboxylic acid groups (broad SMARTS) is 1. The van der Waals surface area contributed by atoms with E-state index in [1.807, 2.05) is 0 Å². The number of carbonyl (C=O) groups is 1. The van der Waals surface area contributed by atoms with Crippen LogP contribution in [0, 0.1) is 17.7 Å². The average molecular weight is 327 g/mol. The zero-order chi connectivity index (χ0) is 15.6. The van der Waals surface area contributed by atoms with E-state index in [-0.39, 0.29) is 23.8 Å². The number of ether oxygens (including phenoxy) is 1. The van der Waals surface area contributed by atoms with Crippen LogP contribution in [0.2, 0.25) is 0 Å². The Hall–Kier alpha value is -1.51. The molecule has 2 N–H and O–H groups in total. The van der Waals surface area contributed by atoms with Crippen molar-refractivity contribution in [3.8, 4) is 0 Å². The van der Waals surface area contributed by atoms with Crippen molar-refractivity contribution in [3.63, 3.8) is 0 Å². The Morgan fingerprint density at radius 1 is 1.32 bits per heavy atom. The van der Waals surface area contributed by atoms with Gasteiger partial charge in [-0.2, -0.15) is 0 Å². The fourth-order valence-corrected chi connectivity index (χ4v) is 5.00. The van der Waals surface area contributed by atoms with Gasteiger partial charge in [-0.3, -0.25) is 0 Å². The van der Waals surface area contributed by atoms with Crippen LogP contribution >= 0.6 is 0 Å². The summed E-state index contributed by atoms with van der Waals surface area (Å²) in [4.78, 5) is 10.2. The molecule has 0 unspecified atom stereocenters. The number of rotatable bonds is 4. The quantitative estimate of drug-likeness (QED) is 0.860. The van der Waals surface area contributed by atoms with Crippen molar-refractivity contribution in [2.24, 2.45) is 11.8 Å². The van der Waals surface area contributed by atoms with Crippen LogP contribution in [0.15, 0.2) is 23.1 Å². The van der Waals surface area contributed by atoms with Crippen LogP contribution in [0.25, 0.3) is 0 Å². The molecule has 0 aromatic heterocycles. The summed E-state index contributed by atoms with van der Waals surface area (Å²) >= 11 is 0. The third-order valence-corrected chi connectivity index (χ3v) is 6.30. The van der Waals surface area contributed by atoms with Crippen LogP contribution in [0.4, 0.5) is 4.39 Å². The molecule has 0 amide bonds. The molecule has 1 saturated carbocycles. The molecule has 3 aliphatic rings. The van der Waals surface area contributed by atoms with Gasteiger partial charge in [0.15, 0.2) is 0 Å². The van der Waals surface area contributed by atoms with Crippen molar-refractivity contribution in [2.45, 2.75) is 36.0 Å². The van der Waals surface area contributed by atoms with Crippen molar-refractivity contribution in [2.75, 3.05) is 0 Å². The lowest BCUT2D eigenvalue weighted by Crippen LogP contribution is -2.42. The molecule has 2 bridgehead atoms. The summed E-state index contributed by atoms with van der Waals surface area (Å²) in [5.74, 6) is -1.39. The number of hydrogen-bond donors (Lipinski definition) is 2. The number of fused-ring (bicyclic) bond motifs is 5. The molecule has 6 nitrogen and oxygen atoms in total. The Balaban J connectivity index is 1.57. The molecular formula is C14H14FNO5S. The van der Waals surface area contributed by atoms with Crippen LogP contribution in [0.1, 0.15) is 23.2 Å². The number of sulfonamides is 1. The molecule has 2 aliphatic heterocycles. The van der Waals surface area contributed by atoms with Crippen LogP contribution < -0.4 is 4.72 Å². The molecule has 22 heavy (non-hydrogen) atoms. The molecule has 1 aliphatic carbocycles. The zero-order valence-corrected chi connectivity index (χ0v) is 12.2. The van der Waals surface area contributed by atoms with Crippen molar-refractivity contribution in [1.29, 1.82) is 0 Å². The monoisotopic (exact) mass is 327 g/mol. The Labute approximate surface area is 126 Å². The molecule has 4 rings (SSSR count). The largest absolute Gasteiger partial charge is 0.478 e. The third kappa shape index (κ3) is 2.05. The van der Waals surface area contributed by atoms with Gasteiger partial charge in [0, 0.05) is 0 Å². The molecule has 5 atom stereocenters. The Morgan fingerprint density at radius 3 is 2.68 bits per heavy atom. The minimum absolute atomic E-state index is 0.113. The van der Waals surface area contributed by atoms with Gasteiger partial charge >= 0.3 is 5.97 Å². The molecule has 1 aromatic rings. The first kappa shape index (κ1) is 14.1. The van der Waals surface area contributed by atoms with Crippen LogP contribution in [-0.4, -0.2) is 37.7 Å². The molecule has 118 valence electrons. The lowest BCUT2D eigenvalue weighted by atomic mass is 9.96. The number of carboxylic acids is 1. The Bertz CT molecular complexity index is 764. The first-order valence-electron chi connectivity index (χ1n) is 7.07. The molecule has 8 heteroatoms. The highest BCUT2D eigenvalue weighted by atomic mass is 32.2. The molecule has 0 radical (unpaired) electrons. The second-order valence-electron chi connectivity index (χ2n) is 6.12. The molecular weight excluding hydrogens is 313 g/mol. The summed E-state index contributed by atoms with van der Waals surface area (Å²) < 4.78 is 46.8. The number of hydrogen-bond acceptors (Lipinski definition) is 4. The van der Waals surface area contributed by atoms with E-state index in [9.17, 15) is 17.6 Å². The summed E-state index contributed by atoms with van der Waals surface area (Å²) in [6, 6.07) is 2.44. The van der Waals surface area contributed by atoms with Crippen LogP contribution in [0.5, 0.6) is 0 Å². The maximum atomic E-state index is 13.9. The van der Waals surface area contributed by atoms with Crippen LogP contribution in [-0.2, 0) is 14.8 Å². The number of nitrogens with one attached hydrogen (secondary N) is 1. The Kier molecular flexibility index (Phi) is 2.88. The summed E-state index contributed by atoms with van der Waals surface area (Å²) in [5.41, 5.74) is -0.291.